The Labute approximate surface area is 103 Å². The maximum absolute atomic E-state index is 11.5. The van der Waals surface area contributed by atoms with Crippen LogP contribution in [-0.4, -0.2) is 27.3 Å². The molecule has 1 saturated heterocycles. The van der Waals surface area contributed by atoms with Crippen LogP contribution in [0.1, 0.15) is 24.0 Å². The van der Waals surface area contributed by atoms with E-state index in [1.807, 2.05) is 19.1 Å². The number of aryl methyl sites for hydroxylation is 1. The Bertz CT molecular complexity index is 502. The van der Waals surface area contributed by atoms with Crippen LogP contribution < -0.4 is 5.32 Å². The van der Waals surface area contributed by atoms with Crippen molar-refractivity contribution in [2.75, 3.05) is 12.8 Å². The van der Waals surface area contributed by atoms with Gasteiger partial charge in [-0.1, -0.05) is 12.1 Å². The number of rotatable bonds is 3. The van der Waals surface area contributed by atoms with Gasteiger partial charge in [-0.05, 0) is 49.9 Å². The molecule has 1 fully saturated rings. The van der Waals surface area contributed by atoms with Crippen LogP contribution in [-0.2, 0) is 16.3 Å². The Morgan fingerprint density at radius 3 is 2.71 bits per heavy atom. The van der Waals surface area contributed by atoms with E-state index in [4.69, 9.17) is 0 Å². The normalized spacial score (nSPS) is 20.7. The van der Waals surface area contributed by atoms with Gasteiger partial charge in [0.15, 0.2) is 9.84 Å². The highest BCUT2D eigenvalue weighted by Gasteiger charge is 2.16. The van der Waals surface area contributed by atoms with E-state index >= 15 is 0 Å². The number of sulfone groups is 1. The van der Waals surface area contributed by atoms with E-state index in [1.54, 1.807) is 6.07 Å². The summed E-state index contributed by atoms with van der Waals surface area (Å²) in [6.45, 7) is 2.97. The third-order valence-corrected chi connectivity index (χ3v) is 4.54. The van der Waals surface area contributed by atoms with Crippen molar-refractivity contribution < 1.29 is 8.42 Å². The lowest BCUT2D eigenvalue weighted by molar-refractivity contribution is 0.599. The molecule has 1 unspecified atom stereocenters. The number of nitrogens with one attached hydrogen (secondary N) is 1. The summed E-state index contributed by atoms with van der Waals surface area (Å²) in [5.41, 5.74) is 2.07. The minimum Gasteiger partial charge on any atom is -0.314 e. The first kappa shape index (κ1) is 12.6. The first-order valence-corrected chi connectivity index (χ1v) is 7.89. The van der Waals surface area contributed by atoms with Crippen LogP contribution in [0.3, 0.4) is 0 Å². The van der Waals surface area contributed by atoms with Crippen molar-refractivity contribution in [3.63, 3.8) is 0 Å². The second-order valence-corrected chi connectivity index (χ2v) is 6.85. The second-order valence-electron chi connectivity index (χ2n) is 4.87. The summed E-state index contributed by atoms with van der Waals surface area (Å²) in [7, 11) is -3.09. The molecule has 1 atom stereocenters. The molecule has 2 rings (SSSR count). The standard InChI is InChI=1S/C13H19NO2S/c1-10-8-11(9-12-4-3-7-14-12)5-6-13(10)17(2,15)16/h5-6,8,12,14H,3-4,7,9H2,1-2H3. The molecule has 17 heavy (non-hydrogen) atoms. The van der Waals surface area contributed by atoms with Crippen molar-refractivity contribution in [2.45, 2.75) is 37.1 Å². The molecule has 0 aliphatic carbocycles. The van der Waals surface area contributed by atoms with Gasteiger partial charge in [0.05, 0.1) is 4.90 Å². The fourth-order valence-corrected chi connectivity index (χ4v) is 3.43. The van der Waals surface area contributed by atoms with Crippen molar-refractivity contribution in [1.82, 2.24) is 5.32 Å². The Hall–Kier alpha value is -0.870. The molecule has 0 amide bonds. The van der Waals surface area contributed by atoms with Gasteiger partial charge in [-0.2, -0.15) is 0 Å². The van der Waals surface area contributed by atoms with Crippen molar-refractivity contribution in [2.24, 2.45) is 0 Å². The Balaban J connectivity index is 2.19. The molecule has 1 aliphatic heterocycles. The third kappa shape index (κ3) is 3.07. The predicted molar refractivity (Wildman–Crippen MR) is 69.0 cm³/mol. The van der Waals surface area contributed by atoms with Crippen molar-refractivity contribution >= 4 is 9.84 Å². The Kier molecular flexibility index (Phi) is 3.54. The molecule has 1 aromatic carbocycles. The van der Waals surface area contributed by atoms with Crippen molar-refractivity contribution in [3.05, 3.63) is 29.3 Å². The molecule has 0 aromatic heterocycles. The molecule has 94 valence electrons. The summed E-state index contributed by atoms with van der Waals surface area (Å²) in [5.74, 6) is 0. The van der Waals surface area contributed by atoms with Gasteiger partial charge in [-0.3, -0.25) is 0 Å². The van der Waals surface area contributed by atoms with Crippen molar-refractivity contribution in [1.29, 1.82) is 0 Å². The first-order valence-electron chi connectivity index (χ1n) is 6.00. The molecule has 0 radical (unpaired) electrons. The van der Waals surface area contributed by atoms with E-state index in [-0.39, 0.29) is 0 Å². The summed E-state index contributed by atoms with van der Waals surface area (Å²) in [4.78, 5) is 0.445. The average molecular weight is 253 g/mol. The molecule has 0 saturated carbocycles. The predicted octanol–water partition coefficient (Wildman–Crippen LogP) is 1.69. The highest BCUT2D eigenvalue weighted by atomic mass is 32.2. The fourth-order valence-electron chi connectivity index (χ4n) is 2.47. The minimum atomic E-state index is -3.09. The Morgan fingerprint density at radius 1 is 1.41 bits per heavy atom. The van der Waals surface area contributed by atoms with Gasteiger partial charge < -0.3 is 5.32 Å². The van der Waals surface area contributed by atoms with E-state index in [9.17, 15) is 8.42 Å². The zero-order valence-electron chi connectivity index (χ0n) is 10.4. The van der Waals surface area contributed by atoms with Gasteiger partial charge in [-0.25, -0.2) is 8.42 Å². The molecule has 4 heteroatoms. The van der Waals surface area contributed by atoms with Crippen LogP contribution in [0.2, 0.25) is 0 Å². The van der Waals surface area contributed by atoms with Crippen LogP contribution in [0.15, 0.2) is 23.1 Å². The van der Waals surface area contributed by atoms with Gasteiger partial charge in [0.2, 0.25) is 0 Å². The summed E-state index contributed by atoms with van der Waals surface area (Å²) in [5, 5.41) is 3.45. The molecular weight excluding hydrogens is 234 g/mol. The van der Waals surface area contributed by atoms with Crippen LogP contribution in [0.25, 0.3) is 0 Å². The summed E-state index contributed by atoms with van der Waals surface area (Å²) >= 11 is 0. The van der Waals surface area contributed by atoms with Gasteiger partial charge in [0, 0.05) is 12.3 Å². The number of hydrogen-bond acceptors (Lipinski definition) is 3. The first-order chi connectivity index (χ1) is 7.97. The summed E-state index contributed by atoms with van der Waals surface area (Å²) < 4.78 is 23.0. The van der Waals surface area contributed by atoms with Gasteiger partial charge in [0.25, 0.3) is 0 Å². The monoisotopic (exact) mass is 253 g/mol. The largest absolute Gasteiger partial charge is 0.314 e. The SMILES string of the molecule is Cc1cc(CC2CCCN2)ccc1S(C)(=O)=O. The van der Waals surface area contributed by atoms with Crippen LogP contribution in [0, 0.1) is 6.92 Å². The molecule has 0 spiro atoms. The van der Waals surface area contributed by atoms with E-state index in [1.165, 1.54) is 24.7 Å². The highest BCUT2D eigenvalue weighted by molar-refractivity contribution is 7.90. The molecule has 1 N–H and O–H groups in total. The van der Waals surface area contributed by atoms with Crippen LogP contribution in [0.4, 0.5) is 0 Å². The zero-order chi connectivity index (χ0) is 12.5. The van der Waals surface area contributed by atoms with E-state index in [0.29, 0.717) is 10.9 Å². The van der Waals surface area contributed by atoms with Crippen LogP contribution >= 0.6 is 0 Å². The lowest BCUT2D eigenvalue weighted by Gasteiger charge is -2.12. The van der Waals surface area contributed by atoms with E-state index < -0.39 is 9.84 Å². The minimum absolute atomic E-state index is 0.445. The maximum Gasteiger partial charge on any atom is 0.175 e. The van der Waals surface area contributed by atoms with Crippen LogP contribution in [0.5, 0.6) is 0 Å². The molecular formula is C13H19NO2S. The topological polar surface area (TPSA) is 46.2 Å². The quantitative estimate of drug-likeness (QED) is 0.891. The van der Waals surface area contributed by atoms with Gasteiger partial charge in [0.1, 0.15) is 0 Å². The van der Waals surface area contributed by atoms with Gasteiger partial charge >= 0.3 is 0 Å². The number of hydrogen-bond donors (Lipinski definition) is 1. The molecule has 3 nitrogen and oxygen atoms in total. The molecule has 0 bridgehead atoms. The smallest absolute Gasteiger partial charge is 0.175 e. The lowest BCUT2D eigenvalue weighted by Crippen LogP contribution is -2.23. The molecule has 1 heterocycles. The van der Waals surface area contributed by atoms with Gasteiger partial charge in [-0.15, -0.1) is 0 Å². The fraction of sp³-hybridized carbons (Fsp3) is 0.538. The number of benzene rings is 1. The summed E-state index contributed by atoms with van der Waals surface area (Å²) in [6, 6.07) is 6.22. The highest BCUT2D eigenvalue weighted by Crippen LogP contribution is 2.19. The van der Waals surface area contributed by atoms with E-state index in [0.717, 1.165) is 18.5 Å². The molecule has 1 aliphatic rings. The zero-order valence-corrected chi connectivity index (χ0v) is 11.2. The van der Waals surface area contributed by atoms with Crippen molar-refractivity contribution in [3.8, 4) is 0 Å². The molecule has 1 aromatic rings. The average Bonchev–Trinajstić information content (AvgIpc) is 2.68. The maximum atomic E-state index is 11.5. The Morgan fingerprint density at radius 2 is 2.18 bits per heavy atom. The second kappa shape index (κ2) is 4.78. The third-order valence-electron chi connectivity index (χ3n) is 3.28. The van der Waals surface area contributed by atoms with E-state index in [2.05, 4.69) is 5.32 Å². The lowest BCUT2D eigenvalue weighted by atomic mass is 10.0. The summed E-state index contributed by atoms with van der Waals surface area (Å²) in [6.07, 6.45) is 4.70.